The van der Waals surface area contributed by atoms with E-state index in [1.807, 2.05) is 18.3 Å². The molecule has 0 amide bonds. The minimum absolute atomic E-state index is 0.707. The molecule has 0 radical (unpaired) electrons. The highest BCUT2D eigenvalue weighted by molar-refractivity contribution is 6.05. The largest absolute Gasteiger partial charge is 0.360 e. The number of aliphatic imine (C=N–C) groups is 1. The number of para-hydroxylation sites is 1. The SMILES string of the molecule is NCCCC1=NC=CNc2ccccc21. The van der Waals surface area contributed by atoms with E-state index in [9.17, 15) is 0 Å². The molecular formula is C12H15N3. The van der Waals surface area contributed by atoms with Crippen molar-refractivity contribution in [3.63, 3.8) is 0 Å². The molecule has 78 valence electrons. The van der Waals surface area contributed by atoms with Crippen LogP contribution in [0.25, 0.3) is 0 Å². The van der Waals surface area contributed by atoms with E-state index in [1.54, 1.807) is 6.20 Å². The summed E-state index contributed by atoms with van der Waals surface area (Å²) in [5.74, 6) is 0. The molecule has 1 aliphatic rings. The zero-order chi connectivity index (χ0) is 10.5. The van der Waals surface area contributed by atoms with Gasteiger partial charge >= 0.3 is 0 Å². The smallest absolute Gasteiger partial charge is 0.0497 e. The highest BCUT2D eigenvalue weighted by Crippen LogP contribution is 2.20. The predicted octanol–water partition coefficient (Wildman–Crippen LogP) is 2.11. The Balaban J connectivity index is 2.30. The summed E-state index contributed by atoms with van der Waals surface area (Å²) >= 11 is 0. The first-order valence-electron chi connectivity index (χ1n) is 5.19. The number of rotatable bonds is 3. The number of nitrogens with one attached hydrogen (secondary N) is 1. The number of nitrogens with zero attached hydrogens (tertiary/aromatic N) is 1. The zero-order valence-electron chi connectivity index (χ0n) is 8.61. The topological polar surface area (TPSA) is 50.4 Å². The molecular weight excluding hydrogens is 186 g/mol. The molecule has 0 aliphatic carbocycles. The van der Waals surface area contributed by atoms with E-state index in [1.165, 1.54) is 5.56 Å². The van der Waals surface area contributed by atoms with Gasteiger partial charge in [-0.25, -0.2) is 0 Å². The molecule has 0 spiro atoms. The number of fused-ring (bicyclic) bond motifs is 1. The van der Waals surface area contributed by atoms with Crippen molar-refractivity contribution in [1.29, 1.82) is 0 Å². The summed E-state index contributed by atoms with van der Waals surface area (Å²) in [7, 11) is 0. The monoisotopic (exact) mass is 201 g/mol. The van der Waals surface area contributed by atoms with E-state index in [-0.39, 0.29) is 0 Å². The first kappa shape index (κ1) is 9.93. The summed E-state index contributed by atoms with van der Waals surface area (Å²) in [4.78, 5) is 4.42. The fraction of sp³-hybridized carbons (Fsp3) is 0.250. The molecule has 0 unspecified atom stereocenters. The maximum absolute atomic E-state index is 5.52. The highest BCUT2D eigenvalue weighted by atomic mass is 14.9. The molecule has 0 saturated heterocycles. The summed E-state index contributed by atoms with van der Waals surface area (Å²) in [5.41, 5.74) is 8.91. The standard InChI is InChI=1S/C12H15N3/c13-7-3-6-12-10-4-1-2-5-11(10)14-8-9-15-12/h1-2,4-5,8-9,14H,3,6-7,13H2. The van der Waals surface area contributed by atoms with Crippen molar-refractivity contribution >= 4 is 11.4 Å². The maximum Gasteiger partial charge on any atom is 0.0497 e. The van der Waals surface area contributed by atoms with E-state index in [0.717, 1.165) is 24.2 Å². The van der Waals surface area contributed by atoms with Gasteiger partial charge in [-0.15, -0.1) is 0 Å². The summed E-state index contributed by atoms with van der Waals surface area (Å²) in [5, 5.41) is 3.21. The quantitative estimate of drug-likeness (QED) is 0.787. The van der Waals surface area contributed by atoms with Gasteiger partial charge in [-0.2, -0.15) is 0 Å². The lowest BCUT2D eigenvalue weighted by Gasteiger charge is -2.08. The van der Waals surface area contributed by atoms with Crippen LogP contribution in [0.15, 0.2) is 41.7 Å². The molecule has 15 heavy (non-hydrogen) atoms. The highest BCUT2D eigenvalue weighted by Gasteiger charge is 2.08. The lowest BCUT2D eigenvalue weighted by molar-refractivity contribution is 0.877. The van der Waals surface area contributed by atoms with Crippen molar-refractivity contribution < 1.29 is 0 Å². The van der Waals surface area contributed by atoms with Gasteiger partial charge in [-0.05, 0) is 25.5 Å². The average Bonchev–Trinajstić information content (AvgIpc) is 2.49. The van der Waals surface area contributed by atoms with Crippen molar-refractivity contribution in [2.24, 2.45) is 10.7 Å². The molecule has 3 nitrogen and oxygen atoms in total. The van der Waals surface area contributed by atoms with Crippen molar-refractivity contribution in [1.82, 2.24) is 0 Å². The van der Waals surface area contributed by atoms with E-state index >= 15 is 0 Å². The molecule has 0 saturated carbocycles. The molecule has 0 fully saturated rings. The second-order valence-electron chi connectivity index (χ2n) is 3.47. The maximum atomic E-state index is 5.52. The van der Waals surface area contributed by atoms with Crippen LogP contribution in [-0.4, -0.2) is 12.3 Å². The molecule has 1 aromatic rings. The van der Waals surface area contributed by atoms with Crippen LogP contribution in [0.4, 0.5) is 5.69 Å². The molecule has 2 rings (SSSR count). The Kier molecular flexibility index (Phi) is 3.15. The van der Waals surface area contributed by atoms with Crippen molar-refractivity contribution in [3.8, 4) is 0 Å². The van der Waals surface area contributed by atoms with Gasteiger partial charge in [0.1, 0.15) is 0 Å². The van der Waals surface area contributed by atoms with Crippen LogP contribution in [0.1, 0.15) is 18.4 Å². The number of benzene rings is 1. The van der Waals surface area contributed by atoms with Crippen molar-refractivity contribution in [2.75, 3.05) is 11.9 Å². The number of hydrogen-bond donors (Lipinski definition) is 2. The summed E-state index contributed by atoms with van der Waals surface area (Å²) < 4.78 is 0. The average molecular weight is 201 g/mol. The van der Waals surface area contributed by atoms with Crippen LogP contribution in [0.5, 0.6) is 0 Å². The van der Waals surface area contributed by atoms with Crippen LogP contribution >= 0.6 is 0 Å². The van der Waals surface area contributed by atoms with E-state index in [4.69, 9.17) is 5.73 Å². The normalized spacial score (nSPS) is 13.8. The fourth-order valence-corrected chi connectivity index (χ4v) is 1.65. The molecule has 0 atom stereocenters. The number of anilines is 1. The molecule has 1 aromatic carbocycles. The van der Waals surface area contributed by atoms with Gasteiger partial charge in [0.15, 0.2) is 0 Å². The Bertz CT molecular complexity index is 394. The molecule has 0 bridgehead atoms. The Morgan fingerprint density at radius 1 is 1.27 bits per heavy atom. The third-order valence-corrected chi connectivity index (χ3v) is 2.40. The van der Waals surface area contributed by atoms with Crippen LogP contribution in [-0.2, 0) is 0 Å². The first-order valence-corrected chi connectivity index (χ1v) is 5.19. The zero-order valence-corrected chi connectivity index (χ0v) is 8.61. The van der Waals surface area contributed by atoms with Gasteiger partial charge in [0.25, 0.3) is 0 Å². The lowest BCUT2D eigenvalue weighted by Crippen LogP contribution is -2.06. The van der Waals surface area contributed by atoms with Gasteiger partial charge in [0.2, 0.25) is 0 Å². The van der Waals surface area contributed by atoms with Crippen molar-refractivity contribution in [3.05, 3.63) is 42.2 Å². The Hall–Kier alpha value is -1.61. The summed E-state index contributed by atoms with van der Waals surface area (Å²) in [6, 6.07) is 8.20. The fourth-order valence-electron chi connectivity index (χ4n) is 1.65. The second-order valence-corrected chi connectivity index (χ2v) is 3.47. The Morgan fingerprint density at radius 3 is 3.00 bits per heavy atom. The summed E-state index contributed by atoms with van der Waals surface area (Å²) in [6.07, 6.45) is 5.56. The number of hydrogen-bond acceptors (Lipinski definition) is 3. The van der Waals surface area contributed by atoms with Crippen molar-refractivity contribution in [2.45, 2.75) is 12.8 Å². The predicted molar refractivity (Wildman–Crippen MR) is 64.0 cm³/mol. The first-order chi connectivity index (χ1) is 7.42. The van der Waals surface area contributed by atoms with Gasteiger partial charge < -0.3 is 11.1 Å². The minimum atomic E-state index is 0.707. The van der Waals surface area contributed by atoms with Crippen LogP contribution < -0.4 is 11.1 Å². The molecule has 1 heterocycles. The molecule has 3 heteroatoms. The third kappa shape index (κ3) is 2.25. The van der Waals surface area contributed by atoms with Gasteiger partial charge in [-0.3, -0.25) is 4.99 Å². The van der Waals surface area contributed by atoms with E-state index < -0.39 is 0 Å². The Morgan fingerprint density at radius 2 is 2.13 bits per heavy atom. The minimum Gasteiger partial charge on any atom is -0.360 e. The molecule has 0 aromatic heterocycles. The van der Waals surface area contributed by atoms with Gasteiger partial charge in [-0.1, -0.05) is 18.2 Å². The van der Waals surface area contributed by atoms with Crippen LogP contribution in [0, 0.1) is 0 Å². The lowest BCUT2D eigenvalue weighted by atomic mass is 10.0. The summed E-state index contributed by atoms with van der Waals surface area (Å²) in [6.45, 7) is 0.707. The van der Waals surface area contributed by atoms with E-state index in [0.29, 0.717) is 6.54 Å². The van der Waals surface area contributed by atoms with E-state index in [2.05, 4.69) is 22.4 Å². The number of nitrogens with two attached hydrogens (primary N) is 1. The molecule has 1 aliphatic heterocycles. The second kappa shape index (κ2) is 4.75. The third-order valence-electron chi connectivity index (χ3n) is 2.40. The van der Waals surface area contributed by atoms with Gasteiger partial charge in [0, 0.05) is 29.4 Å². The van der Waals surface area contributed by atoms with Gasteiger partial charge in [0.05, 0.1) is 0 Å². The molecule has 3 N–H and O–H groups in total. The Labute approximate surface area is 89.7 Å². The van der Waals surface area contributed by atoms with Crippen LogP contribution in [0.2, 0.25) is 0 Å². The van der Waals surface area contributed by atoms with Crippen LogP contribution in [0.3, 0.4) is 0 Å².